The van der Waals surface area contributed by atoms with E-state index in [1.165, 1.54) is 11.3 Å². The third-order valence-corrected chi connectivity index (χ3v) is 3.88. The number of rotatable bonds is 4. The van der Waals surface area contributed by atoms with Crippen LogP contribution in [0.25, 0.3) is 0 Å². The molecule has 2 N–H and O–H groups in total. The van der Waals surface area contributed by atoms with E-state index in [0.717, 1.165) is 5.56 Å². The lowest BCUT2D eigenvalue weighted by Gasteiger charge is -2.22. The first-order chi connectivity index (χ1) is 8.90. The molecule has 2 heterocycles. The molecule has 0 aliphatic heterocycles. The van der Waals surface area contributed by atoms with Crippen LogP contribution in [-0.2, 0) is 12.6 Å². The number of aryl methyl sites for hydroxylation is 2. The molecule has 1 unspecified atom stereocenters. The quantitative estimate of drug-likeness (QED) is 0.889. The number of nitrogens with one attached hydrogen (secondary N) is 1. The molecule has 5 nitrogen and oxygen atoms in total. The predicted octanol–water partition coefficient (Wildman–Crippen LogP) is 1.43. The number of hydrogen-bond acceptors (Lipinski definition) is 4. The van der Waals surface area contributed by atoms with Gasteiger partial charge in [-0.1, -0.05) is 0 Å². The largest absolute Gasteiger partial charge is 0.383 e. The maximum absolute atomic E-state index is 12.0. The van der Waals surface area contributed by atoms with Gasteiger partial charge in [0.05, 0.1) is 18.3 Å². The van der Waals surface area contributed by atoms with E-state index < -0.39 is 5.60 Å². The van der Waals surface area contributed by atoms with E-state index in [1.807, 2.05) is 17.7 Å². The molecule has 2 aromatic heterocycles. The van der Waals surface area contributed by atoms with Crippen LogP contribution in [0, 0.1) is 6.92 Å². The first-order valence-electron chi connectivity index (χ1n) is 5.92. The number of thiophene rings is 1. The van der Waals surface area contributed by atoms with Crippen LogP contribution < -0.4 is 5.32 Å². The molecule has 6 heteroatoms. The average Bonchev–Trinajstić information content (AvgIpc) is 2.95. The van der Waals surface area contributed by atoms with E-state index in [-0.39, 0.29) is 12.5 Å². The summed E-state index contributed by atoms with van der Waals surface area (Å²) in [4.78, 5) is 12.0. The Bertz CT molecular complexity index is 586. The van der Waals surface area contributed by atoms with Gasteiger partial charge in [0.1, 0.15) is 5.60 Å². The first-order valence-corrected chi connectivity index (χ1v) is 6.87. The first kappa shape index (κ1) is 13.8. The number of amides is 1. The van der Waals surface area contributed by atoms with Crippen molar-refractivity contribution in [3.8, 4) is 0 Å². The van der Waals surface area contributed by atoms with Crippen molar-refractivity contribution in [2.75, 3.05) is 6.54 Å². The van der Waals surface area contributed by atoms with Gasteiger partial charge in [0, 0.05) is 24.2 Å². The van der Waals surface area contributed by atoms with E-state index in [9.17, 15) is 9.90 Å². The SMILES string of the molecule is Cc1cscc1C(=O)NCC(C)(O)c1cnn(C)c1. The highest BCUT2D eigenvalue weighted by atomic mass is 32.1. The van der Waals surface area contributed by atoms with Crippen LogP contribution in [0.5, 0.6) is 0 Å². The predicted molar refractivity (Wildman–Crippen MR) is 74.2 cm³/mol. The third kappa shape index (κ3) is 3.02. The summed E-state index contributed by atoms with van der Waals surface area (Å²) in [6.07, 6.45) is 3.34. The van der Waals surface area contributed by atoms with Gasteiger partial charge in [-0.25, -0.2) is 0 Å². The molecule has 0 fully saturated rings. The second-order valence-electron chi connectivity index (χ2n) is 4.83. The van der Waals surface area contributed by atoms with Gasteiger partial charge < -0.3 is 10.4 Å². The fourth-order valence-corrected chi connectivity index (χ4v) is 2.57. The second-order valence-corrected chi connectivity index (χ2v) is 5.57. The summed E-state index contributed by atoms with van der Waals surface area (Å²) in [6, 6.07) is 0. The molecular weight excluding hydrogens is 262 g/mol. The molecule has 0 spiro atoms. The van der Waals surface area contributed by atoms with Crippen LogP contribution in [0.1, 0.15) is 28.4 Å². The van der Waals surface area contributed by atoms with Gasteiger partial charge in [-0.3, -0.25) is 9.48 Å². The van der Waals surface area contributed by atoms with Crippen molar-refractivity contribution in [3.05, 3.63) is 39.8 Å². The molecule has 0 aromatic carbocycles. The van der Waals surface area contributed by atoms with Crippen LogP contribution in [0.15, 0.2) is 23.2 Å². The summed E-state index contributed by atoms with van der Waals surface area (Å²) in [5, 5.41) is 20.9. The molecule has 1 atom stereocenters. The van der Waals surface area contributed by atoms with Gasteiger partial charge in [0.15, 0.2) is 0 Å². The summed E-state index contributed by atoms with van der Waals surface area (Å²) in [5.41, 5.74) is 1.15. The molecule has 0 radical (unpaired) electrons. The molecule has 0 saturated heterocycles. The maximum atomic E-state index is 12.0. The third-order valence-electron chi connectivity index (χ3n) is 3.02. The van der Waals surface area contributed by atoms with Crippen LogP contribution in [0.4, 0.5) is 0 Å². The van der Waals surface area contributed by atoms with Crippen molar-refractivity contribution in [1.82, 2.24) is 15.1 Å². The zero-order valence-electron chi connectivity index (χ0n) is 11.2. The Kier molecular flexibility index (Phi) is 3.73. The summed E-state index contributed by atoms with van der Waals surface area (Å²) >= 11 is 1.49. The van der Waals surface area contributed by atoms with E-state index in [0.29, 0.717) is 11.1 Å². The van der Waals surface area contributed by atoms with Gasteiger partial charge >= 0.3 is 0 Å². The van der Waals surface area contributed by atoms with Gasteiger partial charge in [-0.2, -0.15) is 16.4 Å². The van der Waals surface area contributed by atoms with Crippen molar-refractivity contribution in [1.29, 1.82) is 0 Å². The average molecular weight is 279 g/mol. The zero-order valence-corrected chi connectivity index (χ0v) is 12.0. The highest BCUT2D eigenvalue weighted by molar-refractivity contribution is 7.08. The minimum Gasteiger partial charge on any atom is -0.383 e. The molecule has 2 rings (SSSR count). The number of carbonyl (C=O) groups is 1. The van der Waals surface area contributed by atoms with Gasteiger partial charge in [0.2, 0.25) is 0 Å². The molecule has 0 saturated carbocycles. The van der Waals surface area contributed by atoms with Crippen LogP contribution in [0.2, 0.25) is 0 Å². The summed E-state index contributed by atoms with van der Waals surface area (Å²) in [6.45, 7) is 3.70. The van der Waals surface area contributed by atoms with Crippen LogP contribution >= 0.6 is 11.3 Å². The van der Waals surface area contributed by atoms with Crippen LogP contribution in [0.3, 0.4) is 0 Å². The normalized spacial score (nSPS) is 14.1. The second kappa shape index (κ2) is 5.14. The van der Waals surface area contributed by atoms with Crippen molar-refractivity contribution in [3.63, 3.8) is 0 Å². The van der Waals surface area contributed by atoms with Crippen LogP contribution in [-0.4, -0.2) is 27.3 Å². The van der Waals surface area contributed by atoms with Crippen molar-refractivity contribution >= 4 is 17.2 Å². The Morgan fingerprint density at radius 2 is 2.32 bits per heavy atom. The van der Waals surface area contributed by atoms with E-state index in [4.69, 9.17) is 0 Å². The van der Waals surface area contributed by atoms with Gasteiger partial charge in [-0.05, 0) is 24.8 Å². The Hall–Kier alpha value is -1.66. The number of nitrogens with zero attached hydrogens (tertiary/aromatic N) is 2. The van der Waals surface area contributed by atoms with Gasteiger partial charge in [-0.15, -0.1) is 0 Å². The highest BCUT2D eigenvalue weighted by Crippen LogP contribution is 2.19. The Morgan fingerprint density at radius 3 is 2.84 bits per heavy atom. The molecule has 0 aliphatic carbocycles. The summed E-state index contributed by atoms with van der Waals surface area (Å²) in [7, 11) is 1.78. The minimum absolute atomic E-state index is 0.146. The Morgan fingerprint density at radius 1 is 1.58 bits per heavy atom. The lowest BCUT2D eigenvalue weighted by atomic mass is 9.99. The summed E-state index contributed by atoms with van der Waals surface area (Å²) in [5.74, 6) is -0.164. The van der Waals surface area contributed by atoms with Crippen molar-refractivity contribution < 1.29 is 9.90 Å². The number of hydrogen-bond donors (Lipinski definition) is 2. The van der Waals surface area contributed by atoms with Crippen molar-refractivity contribution in [2.24, 2.45) is 7.05 Å². The van der Waals surface area contributed by atoms with Crippen molar-refractivity contribution in [2.45, 2.75) is 19.4 Å². The minimum atomic E-state index is -1.13. The van der Waals surface area contributed by atoms with E-state index >= 15 is 0 Å². The molecule has 2 aromatic rings. The molecule has 1 amide bonds. The standard InChI is InChI=1S/C13H17N3O2S/c1-9-6-19-7-11(9)12(17)14-8-13(2,18)10-4-15-16(3)5-10/h4-7,18H,8H2,1-3H3,(H,14,17). The molecule has 19 heavy (non-hydrogen) atoms. The molecule has 0 bridgehead atoms. The fraction of sp³-hybridized carbons (Fsp3) is 0.385. The van der Waals surface area contributed by atoms with E-state index in [2.05, 4.69) is 10.4 Å². The lowest BCUT2D eigenvalue weighted by molar-refractivity contribution is 0.0526. The molecule has 0 aliphatic rings. The smallest absolute Gasteiger partial charge is 0.252 e. The number of carbonyl (C=O) groups excluding carboxylic acids is 1. The van der Waals surface area contributed by atoms with E-state index in [1.54, 1.807) is 31.0 Å². The maximum Gasteiger partial charge on any atom is 0.252 e. The monoisotopic (exact) mass is 279 g/mol. The van der Waals surface area contributed by atoms with Gasteiger partial charge in [0.25, 0.3) is 5.91 Å². The molecule has 102 valence electrons. The fourth-order valence-electron chi connectivity index (χ4n) is 1.74. The number of aliphatic hydroxyl groups is 1. The Balaban J connectivity index is 2.02. The summed E-state index contributed by atoms with van der Waals surface area (Å²) < 4.78 is 1.62. The number of aromatic nitrogens is 2. The molecular formula is C13H17N3O2S. The topological polar surface area (TPSA) is 67.2 Å². The lowest BCUT2D eigenvalue weighted by Crippen LogP contribution is -2.38. The Labute approximate surface area is 115 Å². The highest BCUT2D eigenvalue weighted by Gasteiger charge is 2.25. The zero-order chi connectivity index (χ0) is 14.0.